The van der Waals surface area contributed by atoms with Crippen LogP contribution in [0.3, 0.4) is 0 Å². The molecular weight excluding hydrogens is 272 g/mol. The summed E-state index contributed by atoms with van der Waals surface area (Å²) in [5.74, 6) is 0.0674. The Balaban J connectivity index is 1.72. The second-order valence-electron chi connectivity index (χ2n) is 5.74. The fourth-order valence-corrected chi connectivity index (χ4v) is 2.28. The van der Waals surface area contributed by atoms with Crippen molar-refractivity contribution in [2.24, 2.45) is 0 Å². The van der Waals surface area contributed by atoms with Crippen LogP contribution >= 0.6 is 0 Å². The minimum absolute atomic E-state index is 0.0674. The topological polar surface area (TPSA) is 41.1 Å². The number of aryl methyl sites for hydroxylation is 3. The third-order valence-electron chi connectivity index (χ3n) is 3.76. The van der Waals surface area contributed by atoms with Gasteiger partial charge in [0.25, 0.3) is 0 Å². The third kappa shape index (κ3) is 4.92. The van der Waals surface area contributed by atoms with Gasteiger partial charge < -0.3 is 10.6 Å². The number of anilines is 1. The molecule has 2 rings (SSSR count). The van der Waals surface area contributed by atoms with Crippen LogP contribution in [0.4, 0.5) is 5.69 Å². The highest BCUT2D eigenvalue weighted by atomic mass is 16.1. The molecule has 2 aromatic rings. The monoisotopic (exact) mass is 296 g/mol. The van der Waals surface area contributed by atoms with E-state index in [1.807, 2.05) is 18.2 Å². The minimum atomic E-state index is 0.0674. The lowest BCUT2D eigenvalue weighted by atomic mass is 10.1. The number of rotatable bonds is 6. The van der Waals surface area contributed by atoms with Crippen LogP contribution in [-0.4, -0.2) is 12.5 Å². The lowest BCUT2D eigenvalue weighted by Crippen LogP contribution is -2.24. The SMILES string of the molecule is Cc1cccc(CNC(=O)CCNc2ccc(C)c(C)c2)c1. The molecule has 0 aromatic heterocycles. The van der Waals surface area contributed by atoms with Gasteiger partial charge in [-0.25, -0.2) is 0 Å². The van der Waals surface area contributed by atoms with Gasteiger partial charge in [0.2, 0.25) is 5.91 Å². The van der Waals surface area contributed by atoms with Gasteiger partial charge in [0.1, 0.15) is 0 Å². The summed E-state index contributed by atoms with van der Waals surface area (Å²) < 4.78 is 0. The van der Waals surface area contributed by atoms with Gasteiger partial charge in [-0.3, -0.25) is 4.79 Å². The van der Waals surface area contributed by atoms with Crippen molar-refractivity contribution in [3.63, 3.8) is 0 Å². The Morgan fingerprint density at radius 1 is 1.00 bits per heavy atom. The van der Waals surface area contributed by atoms with E-state index in [0.717, 1.165) is 11.3 Å². The summed E-state index contributed by atoms with van der Waals surface area (Å²) >= 11 is 0. The normalized spacial score (nSPS) is 10.3. The molecule has 0 aliphatic heterocycles. The summed E-state index contributed by atoms with van der Waals surface area (Å²) in [5.41, 5.74) is 5.95. The van der Waals surface area contributed by atoms with Gasteiger partial charge in [-0.1, -0.05) is 35.9 Å². The molecule has 3 nitrogen and oxygen atoms in total. The second-order valence-corrected chi connectivity index (χ2v) is 5.74. The number of hydrogen-bond acceptors (Lipinski definition) is 2. The van der Waals surface area contributed by atoms with Crippen molar-refractivity contribution in [2.45, 2.75) is 33.7 Å². The first-order valence-corrected chi connectivity index (χ1v) is 7.68. The summed E-state index contributed by atoms with van der Waals surface area (Å²) in [6, 6.07) is 14.4. The molecule has 0 aliphatic carbocycles. The molecule has 2 aromatic carbocycles. The molecule has 0 unspecified atom stereocenters. The smallest absolute Gasteiger partial charge is 0.222 e. The molecule has 0 aliphatic rings. The lowest BCUT2D eigenvalue weighted by molar-refractivity contribution is -0.121. The van der Waals surface area contributed by atoms with Gasteiger partial charge >= 0.3 is 0 Å². The van der Waals surface area contributed by atoms with Crippen molar-refractivity contribution in [1.29, 1.82) is 0 Å². The molecule has 0 spiro atoms. The predicted octanol–water partition coefficient (Wildman–Crippen LogP) is 3.73. The molecule has 116 valence electrons. The maximum atomic E-state index is 11.9. The maximum Gasteiger partial charge on any atom is 0.222 e. The zero-order valence-corrected chi connectivity index (χ0v) is 13.6. The van der Waals surface area contributed by atoms with Gasteiger partial charge in [0.15, 0.2) is 0 Å². The fourth-order valence-electron chi connectivity index (χ4n) is 2.28. The highest BCUT2D eigenvalue weighted by Crippen LogP contribution is 2.13. The Morgan fingerprint density at radius 2 is 1.82 bits per heavy atom. The van der Waals surface area contributed by atoms with Gasteiger partial charge in [-0.05, 0) is 49.6 Å². The molecule has 2 N–H and O–H groups in total. The number of benzene rings is 2. The predicted molar refractivity (Wildman–Crippen MR) is 92.0 cm³/mol. The van der Waals surface area contributed by atoms with Crippen LogP contribution in [0.1, 0.15) is 28.7 Å². The second kappa shape index (κ2) is 7.64. The Labute approximate surface area is 132 Å². The van der Waals surface area contributed by atoms with E-state index in [0.29, 0.717) is 19.5 Å². The van der Waals surface area contributed by atoms with E-state index in [2.05, 4.69) is 55.7 Å². The van der Waals surface area contributed by atoms with Crippen molar-refractivity contribution >= 4 is 11.6 Å². The first-order chi connectivity index (χ1) is 10.5. The molecule has 0 radical (unpaired) electrons. The molecule has 0 fully saturated rings. The van der Waals surface area contributed by atoms with Crippen molar-refractivity contribution in [2.75, 3.05) is 11.9 Å². The molecule has 0 heterocycles. The fraction of sp³-hybridized carbons (Fsp3) is 0.316. The van der Waals surface area contributed by atoms with E-state index in [-0.39, 0.29) is 5.91 Å². The first-order valence-electron chi connectivity index (χ1n) is 7.68. The standard InChI is InChI=1S/C19H24N2O/c1-14-5-4-6-17(11-14)13-21-19(22)9-10-20-18-8-7-15(2)16(3)12-18/h4-8,11-12,20H,9-10,13H2,1-3H3,(H,21,22). The van der Waals surface area contributed by atoms with E-state index in [4.69, 9.17) is 0 Å². The van der Waals surface area contributed by atoms with Crippen LogP contribution in [0, 0.1) is 20.8 Å². The molecule has 22 heavy (non-hydrogen) atoms. The van der Waals surface area contributed by atoms with Crippen molar-refractivity contribution in [3.05, 3.63) is 64.7 Å². The molecule has 1 amide bonds. The highest BCUT2D eigenvalue weighted by molar-refractivity contribution is 5.76. The summed E-state index contributed by atoms with van der Waals surface area (Å²) in [6.07, 6.45) is 0.471. The van der Waals surface area contributed by atoms with E-state index in [1.54, 1.807) is 0 Å². The van der Waals surface area contributed by atoms with E-state index in [9.17, 15) is 4.79 Å². The van der Waals surface area contributed by atoms with Gasteiger partial charge in [0, 0.05) is 25.2 Å². The van der Waals surface area contributed by atoms with Crippen molar-refractivity contribution in [3.8, 4) is 0 Å². The Bertz CT molecular complexity index is 650. The molecule has 3 heteroatoms. The minimum Gasteiger partial charge on any atom is -0.385 e. The van der Waals surface area contributed by atoms with Gasteiger partial charge in [-0.15, -0.1) is 0 Å². The van der Waals surface area contributed by atoms with Crippen LogP contribution in [0.15, 0.2) is 42.5 Å². The zero-order valence-electron chi connectivity index (χ0n) is 13.6. The Hall–Kier alpha value is -2.29. The van der Waals surface area contributed by atoms with Gasteiger partial charge in [0.05, 0.1) is 0 Å². The van der Waals surface area contributed by atoms with Gasteiger partial charge in [-0.2, -0.15) is 0 Å². The molecule has 0 saturated heterocycles. The first kappa shape index (κ1) is 16.1. The highest BCUT2D eigenvalue weighted by Gasteiger charge is 2.02. The Kier molecular flexibility index (Phi) is 5.59. The van der Waals surface area contributed by atoms with Crippen LogP contribution in [0.2, 0.25) is 0 Å². The van der Waals surface area contributed by atoms with E-state index >= 15 is 0 Å². The van der Waals surface area contributed by atoms with Crippen LogP contribution < -0.4 is 10.6 Å². The van der Waals surface area contributed by atoms with E-state index < -0.39 is 0 Å². The maximum absolute atomic E-state index is 11.9. The number of hydrogen-bond donors (Lipinski definition) is 2. The van der Waals surface area contributed by atoms with Crippen molar-refractivity contribution in [1.82, 2.24) is 5.32 Å². The average molecular weight is 296 g/mol. The van der Waals surface area contributed by atoms with Crippen LogP contribution in [0.25, 0.3) is 0 Å². The number of amides is 1. The number of carbonyl (C=O) groups excluding carboxylic acids is 1. The summed E-state index contributed by atoms with van der Waals surface area (Å²) in [6.45, 7) is 7.47. The Morgan fingerprint density at radius 3 is 2.55 bits per heavy atom. The average Bonchev–Trinajstić information content (AvgIpc) is 2.49. The largest absolute Gasteiger partial charge is 0.385 e. The third-order valence-corrected chi connectivity index (χ3v) is 3.76. The van der Waals surface area contributed by atoms with Crippen LogP contribution in [0.5, 0.6) is 0 Å². The zero-order chi connectivity index (χ0) is 15.9. The molecule has 0 bridgehead atoms. The number of carbonyl (C=O) groups is 1. The number of nitrogens with one attached hydrogen (secondary N) is 2. The quantitative estimate of drug-likeness (QED) is 0.853. The molecule has 0 atom stereocenters. The molecule has 0 saturated carbocycles. The van der Waals surface area contributed by atoms with Crippen molar-refractivity contribution < 1.29 is 4.79 Å². The van der Waals surface area contributed by atoms with Crippen LogP contribution in [-0.2, 0) is 11.3 Å². The molecular formula is C19H24N2O. The van der Waals surface area contributed by atoms with E-state index in [1.165, 1.54) is 16.7 Å². The summed E-state index contributed by atoms with van der Waals surface area (Å²) in [4.78, 5) is 11.9. The summed E-state index contributed by atoms with van der Waals surface area (Å²) in [5, 5.41) is 6.24. The summed E-state index contributed by atoms with van der Waals surface area (Å²) in [7, 11) is 0. The lowest BCUT2D eigenvalue weighted by Gasteiger charge is -2.09.